The molecule has 0 bridgehead atoms. The maximum absolute atomic E-state index is 12.6. The molecular formula is C18H25N3O. The van der Waals surface area contributed by atoms with E-state index in [1.54, 1.807) is 0 Å². The van der Waals surface area contributed by atoms with Crippen LogP contribution in [0.15, 0.2) is 24.3 Å². The van der Waals surface area contributed by atoms with E-state index in [0.717, 1.165) is 35.5 Å². The number of carbonyl (C=O) groups is 1. The summed E-state index contributed by atoms with van der Waals surface area (Å²) in [7, 11) is 0. The van der Waals surface area contributed by atoms with Crippen molar-refractivity contribution in [3.63, 3.8) is 0 Å². The van der Waals surface area contributed by atoms with Gasteiger partial charge in [-0.05, 0) is 51.3 Å². The van der Waals surface area contributed by atoms with Crippen LogP contribution in [0.25, 0.3) is 5.69 Å². The summed E-state index contributed by atoms with van der Waals surface area (Å²) in [6, 6.07) is 8.32. The van der Waals surface area contributed by atoms with Gasteiger partial charge in [0.15, 0.2) is 0 Å². The molecule has 0 saturated heterocycles. The van der Waals surface area contributed by atoms with Crippen LogP contribution in [0.5, 0.6) is 0 Å². The largest absolute Gasteiger partial charge is 0.350 e. The molecule has 1 aromatic carbocycles. The minimum absolute atomic E-state index is 0.0254. The first-order valence-electron chi connectivity index (χ1n) is 7.96. The van der Waals surface area contributed by atoms with Crippen molar-refractivity contribution in [2.75, 3.05) is 0 Å². The number of rotatable bonds is 5. The molecule has 4 heteroatoms. The SMILES string of the molecule is CCc1nn(-c2cccc(C)c2)c(CC)c1C(=O)NC(C)C. The number of aromatic nitrogens is 2. The first-order valence-corrected chi connectivity index (χ1v) is 7.96. The van der Waals surface area contributed by atoms with Crippen molar-refractivity contribution in [1.29, 1.82) is 0 Å². The number of carbonyl (C=O) groups excluding carboxylic acids is 1. The molecule has 0 unspecified atom stereocenters. The van der Waals surface area contributed by atoms with Crippen LogP contribution in [0, 0.1) is 6.92 Å². The van der Waals surface area contributed by atoms with Crippen molar-refractivity contribution in [1.82, 2.24) is 15.1 Å². The second kappa shape index (κ2) is 6.77. The molecule has 1 heterocycles. The van der Waals surface area contributed by atoms with Crippen LogP contribution in [0.4, 0.5) is 0 Å². The summed E-state index contributed by atoms with van der Waals surface area (Å²) < 4.78 is 1.92. The van der Waals surface area contributed by atoms with Gasteiger partial charge in [-0.1, -0.05) is 26.0 Å². The highest BCUT2D eigenvalue weighted by Crippen LogP contribution is 2.21. The quantitative estimate of drug-likeness (QED) is 0.919. The minimum Gasteiger partial charge on any atom is -0.350 e. The molecule has 4 nitrogen and oxygen atoms in total. The Morgan fingerprint density at radius 1 is 1.27 bits per heavy atom. The Hall–Kier alpha value is -2.10. The summed E-state index contributed by atoms with van der Waals surface area (Å²) in [5.74, 6) is -0.0254. The van der Waals surface area contributed by atoms with E-state index in [1.165, 1.54) is 5.56 Å². The van der Waals surface area contributed by atoms with Gasteiger partial charge in [-0.3, -0.25) is 4.79 Å². The minimum atomic E-state index is -0.0254. The number of amides is 1. The van der Waals surface area contributed by atoms with Crippen molar-refractivity contribution in [3.05, 3.63) is 46.8 Å². The fourth-order valence-electron chi connectivity index (χ4n) is 2.65. The molecular weight excluding hydrogens is 274 g/mol. The highest BCUT2D eigenvalue weighted by molar-refractivity contribution is 5.96. The first-order chi connectivity index (χ1) is 10.5. The third-order valence-electron chi connectivity index (χ3n) is 3.62. The predicted molar refractivity (Wildman–Crippen MR) is 89.7 cm³/mol. The van der Waals surface area contributed by atoms with E-state index in [0.29, 0.717) is 0 Å². The first kappa shape index (κ1) is 16.3. The van der Waals surface area contributed by atoms with Crippen molar-refractivity contribution in [2.24, 2.45) is 0 Å². The van der Waals surface area contributed by atoms with E-state index in [2.05, 4.69) is 31.3 Å². The normalized spacial score (nSPS) is 11.0. The molecule has 0 atom stereocenters. The zero-order chi connectivity index (χ0) is 16.3. The average molecular weight is 299 g/mol. The number of aryl methyl sites for hydroxylation is 2. The Balaban J connectivity index is 2.57. The standard InChI is InChI=1S/C18H25N3O/c1-6-15-17(18(22)19-12(3)4)16(7-2)21(20-15)14-10-8-9-13(5)11-14/h8-12H,6-7H2,1-5H3,(H,19,22). The van der Waals surface area contributed by atoms with Crippen molar-refractivity contribution in [2.45, 2.75) is 53.5 Å². The molecule has 0 fully saturated rings. The lowest BCUT2D eigenvalue weighted by Crippen LogP contribution is -2.31. The third-order valence-corrected chi connectivity index (χ3v) is 3.62. The van der Waals surface area contributed by atoms with Crippen LogP contribution >= 0.6 is 0 Å². The van der Waals surface area contributed by atoms with Gasteiger partial charge in [0.1, 0.15) is 0 Å². The smallest absolute Gasteiger partial charge is 0.255 e. The van der Waals surface area contributed by atoms with Gasteiger partial charge in [0.05, 0.1) is 22.6 Å². The number of hydrogen-bond donors (Lipinski definition) is 1. The molecule has 118 valence electrons. The molecule has 1 amide bonds. The summed E-state index contributed by atoms with van der Waals surface area (Å²) in [5.41, 5.74) is 4.76. The molecule has 0 saturated carbocycles. The lowest BCUT2D eigenvalue weighted by molar-refractivity contribution is 0.0941. The van der Waals surface area contributed by atoms with Gasteiger partial charge in [0.25, 0.3) is 5.91 Å². The molecule has 2 rings (SSSR count). The van der Waals surface area contributed by atoms with Crippen molar-refractivity contribution < 1.29 is 4.79 Å². The van der Waals surface area contributed by atoms with E-state index in [-0.39, 0.29) is 11.9 Å². The molecule has 0 aliphatic heterocycles. The number of benzene rings is 1. The number of nitrogens with one attached hydrogen (secondary N) is 1. The summed E-state index contributed by atoms with van der Waals surface area (Å²) in [6.45, 7) is 10.1. The lowest BCUT2D eigenvalue weighted by Gasteiger charge is -2.11. The van der Waals surface area contributed by atoms with Crippen LogP contribution in [-0.4, -0.2) is 21.7 Å². The fraction of sp³-hybridized carbons (Fsp3) is 0.444. The molecule has 0 spiro atoms. The van der Waals surface area contributed by atoms with Gasteiger partial charge in [0, 0.05) is 6.04 Å². The Morgan fingerprint density at radius 2 is 2.00 bits per heavy atom. The highest BCUT2D eigenvalue weighted by atomic mass is 16.1. The van der Waals surface area contributed by atoms with Crippen LogP contribution in [0.1, 0.15) is 55.0 Å². The molecule has 0 aliphatic rings. The molecule has 1 aromatic heterocycles. The Kier molecular flexibility index (Phi) is 5.01. The number of nitrogens with zero attached hydrogens (tertiary/aromatic N) is 2. The van der Waals surface area contributed by atoms with Crippen LogP contribution < -0.4 is 5.32 Å². The maximum Gasteiger partial charge on any atom is 0.255 e. The fourth-order valence-corrected chi connectivity index (χ4v) is 2.65. The van der Waals surface area contributed by atoms with Gasteiger partial charge in [-0.15, -0.1) is 0 Å². The molecule has 0 radical (unpaired) electrons. The Labute approximate surface area is 132 Å². The van der Waals surface area contributed by atoms with Gasteiger partial charge >= 0.3 is 0 Å². The van der Waals surface area contributed by atoms with E-state index in [4.69, 9.17) is 5.10 Å². The van der Waals surface area contributed by atoms with E-state index in [9.17, 15) is 4.79 Å². The average Bonchev–Trinajstić information content (AvgIpc) is 2.85. The van der Waals surface area contributed by atoms with Crippen molar-refractivity contribution >= 4 is 5.91 Å². The van der Waals surface area contributed by atoms with Crippen LogP contribution in [0.2, 0.25) is 0 Å². The molecule has 22 heavy (non-hydrogen) atoms. The van der Waals surface area contributed by atoms with E-state index in [1.807, 2.05) is 37.6 Å². The Bertz CT molecular complexity index is 671. The van der Waals surface area contributed by atoms with E-state index >= 15 is 0 Å². The van der Waals surface area contributed by atoms with Crippen LogP contribution in [-0.2, 0) is 12.8 Å². The zero-order valence-corrected chi connectivity index (χ0v) is 14.1. The third kappa shape index (κ3) is 3.21. The van der Waals surface area contributed by atoms with E-state index < -0.39 is 0 Å². The molecule has 0 aliphatic carbocycles. The summed E-state index contributed by atoms with van der Waals surface area (Å²) in [4.78, 5) is 12.6. The lowest BCUT2D eigenvalue weighted by atomic mass is 10.1. The second-order valence-corrected chi connectivity index (χ2v) is 5.85. The summed E-state index contributed by atoms with van der Waals surface area (Å²) >= 11 is 0. The highest BCUT2D eigenvalue weighted by Gasteiger charge is 2.22. The maximum atomic E-state index is 12.6. The summed E-state index contributed by atoms with van der Waals surface area (Å²) in [5, 5.41) is 7.69. The topological polar surface area (TPSA) is 46.9 Å². The second-order valence-electron chi connectivity index (χ2n) is 5.85. The van der Waals surface area contributed by atoms with Crippen LogP contribution in [0.3, 0.4) is 0 Å². The summed E-state index contributed by atoms with van der Waals surface area (Å²) in [6.07, 6.45) is 1.51. The Morgan fingerprint density at radius 3 is 2.55 bits per heavy atom. The predicted octanol–water partition coefficient (Wildman–Crippen LogP) is 3.44. The van der Waals surface area contributed by atoms with Gasteiger partial charge in [-0.25, -0.2) is 4.68 Å². The van der Waals surface area contributed by atoms with Gasteiger partial charge in [0.2, 0.25) is 0 Å². The monoisotopic (exact) mass is 299 g/mol. The molecule has 1 N–H and O–H groups in total. The number of hydrogen-bond acceptors (Lipinski definition) is 2. The van der Waals surface area contributed by atoms with Gasteiger partial charge < -0.3 is 5.32 Å². The van der Waals surface area contributed by atoms with Crippen molar-refractivity contribution in [3.8, 4) is 5.69 Å². The zero-order valence-electron chi connectivity index (χ0n) is 14.1. The molecule has 2 aromatic rings. The van der Waals surface area contributed by atoms with Gasteiger partial charge in [-0.2, -0.15) is 5.10 Å².